The Bertz CT molecular complexity index is 715. The zero-order valence-corrected chi connectivity index (χ0v) is 13.1. The largest absolute Gasteiger partial charge is 0.497 e. The minimum Gasteiger partial charge on any atom is -0.497 e. The van der Waals surface area contributed by atoms with E-state index in [9.17, 15) is 9.59 Å². The molecule has 0 unspecified atom stereocenters. The number of aromatic nitrogens is 1. The Labute approximate surface area is 129 Å². The third-order valence-corrected chi connectivity index (χ3v) is 3.50. The molecule has 0 saturated carbocycles. The first kappa shape index (κ1) is 15.8. The average Bonchev–Trinajstić information content (AvgIpc) is 2.80. The number of nitrogens with one attached hydrogen (secondary N) is 1. The van der Waals surface area contributed by atoms with Crippen LogP contribution in [0.4, 0.5) is 0 Å². The zero-order chi connectivity index (χ0) is 16.3. The molecule has 0 bridgehead atoms. The molecule has 116 valence electrons. The number of rotatable bonds is 5. The van der Waals surface area contributed by atoms with Crippen molar-refractivity contribution in [2.24, 2.45) is 0 Å². The standard InChI is InChI=1S/C17H19NO4/c1-10-15(12(3)19)11(2)18-16(10)17(20)22-9-13-6-5-7-14(8-13)21-4/h5-8,18H,9H2,1-4H3. The van der Waals surface area contributed by atoms with Crippen LogP contribution in [0.2, 0.25) is 0 Å². The van der Waals surface area contributed by atoms with Gasteiger partial charge in [0.2, 0.25) is 0 Å². The number of aryl methyl sites for hydroxylation is 1. The third kappa shape index (κ3) is 3.19. The smallest absolute Gasteiger partial charge is 0.355 e. The third-order valence-electron chi connectivity index (χ3n) is 3.50. The number of carbonyl (C=O) groups excluding carboxylic acids is 2. The number of benzene rings is 1. The van der Waals surface area contributed by atoms with Gasteiger partial charge in [0.1, 0.15) is 18.1 Å². The van der Waals surface area contributed by atoms with Gasteiger partial charge in [-0.15, -0.1) is 0 Å². The van der Waals surface area contributed by atoms with Crippen molar-refractivity contribution < 1.29 is 19.1 Å². The number of ether oxygens (including phenoxy) is 2. The van der Waals surface area contributed by atoms with E-state index >= 15 is 0 Å². The molecule has 0 spiro atoms. The lowest BCUT2D eigenvalue weighted by molar-refractivity contribution is 0.0465. The number of hydrogen-bond acceptors (Lipinski definition) is 4. The van der Waals surface area contributed by atoms with Gasteiger partial charge in [-0.1, -0.05) is 12.1 Å². The van der Waals surface area contributed by atoms with E-state index in [0.29, 0.717) is 28.3 Å². The average molecular weight is 301 g/mol. The van der Waals surface area contributed by atoms with Crippen molar-refractivity contribution in [3.63, 3.8) is 0 Å². The highest BCUT2D eigenvalue weighted by atomic mass is 16.5. The summed E-state index contributed by atoms with van der Waals surface area (Å²) in [5, 5.41) is 0. The molecule has 2 aromatic rings. The van der Waals surface area contributed by atoms with Gasteiger partial charge in [0.05, 0.1) is 7.11 Å². The first-order valence-electron chi connectivity index (χ1n) is 6.94. The van der Waals surface area contributed by atoms with E-state index in [1.807, 2.05) is 18.2 Å². The summed E-state index contributed by atoms with van der Waals surface area (Å²) in [6.45, 7) is 5.13. The molecule has 0 aliphatic heterocycles. The minimum absolute atomic E-state index is 0.0712. The number of esters is 1. The maximum atomic E-state index is 12.2. The number of methoxy groups -OCH3 is 1. The van der Waals surface area contributed by atoms with E-state index in [1.165, 1.54) is 6.92 Å². The van der Waals surface area contributed by atoms with Gasteiger partial charge in [-0.3, -0.25) is 4.79 Å². The van der Waals surface area contributed by atoms with Gasteiger partial charge in [0.25, 0.3) is 0 Å². The Kier molecular flexibility index (Phi) is 4.65. The van der Waals surface area contributed by atoms with E-state index < -0.39 is 5.97 Å². The van der Waals surface area contributed by atoms with Crippen molar-refractivity contribution in [2.45, 2.75) is 27.4 Å². The molecule has 1 heterocycles. The van der Waals surface area contributed by atoms with Crippen LogP contribution in [0.5, 0.6) is 5.75 Å². The lowest BCUT2D eigenvalue weighted by atomic mass is 10.1. The SMILES string of the molecule is COc1cccc(COC(=O)c2[nH]c(C)c(C(C)=O)c2C)c1. The van der Waals surface area contributed by atoms with Crippen LogP contribution in [-0.2, 0) is 11.3 Å². The predicted molar refractivity (Wildman–Crippen MR) is 82.4 cm³/mol. The first-order chi connectivity index (χ1) is 10.4. The molecule has 0 aliphatic rings. The molecular formula is C17H19NO4. The zero-order valence-electron chi connectivity index (χ0n) is 13.1. The molecule has 5 nitrogen and oxygen atoms in total. The van der Waals surface area contributed by atoms with Crippen molar-refractivity contribution in [3.8, 4) is 5.75 Å². The molecule has 1 N–H and O–H groups in total. The molecule has 0 fully saturated rings. The quantitative estimate of drug-likeness (QED) is 0.680. The molecule has 0 saturated heterocycles. The van der Waals surface area contributed by atoms with Gasteiger partial charge in [0.15, 0.2) is 5.78 Å². The molecule has 0 aliphatic carbocycles. The Balaban J connectivity index is 2.13. The van der Waals surface area contributed by atoms with Crippen LogP contribution < -0.4 is 4.74 Å². The van der Waals surface area contributed by atoms with Crippen LogP contribution in [0, 0.1) is 13.8 Å². The fourth-order valence-electron chi connectivity index (χ4n) is 2.47. The number of aromatic amines is 1. The van der Waals surface area contributed by atoms with Crippen molar-refractivity contribution in [2.75, 3.05) is 7.11 Å². The van der Waals surface area contributed by atoms with Crippen LogP contribution in [0.15, 0.2) is 24.3 Å². The van der Waals surface area contributed by atoms with Crippen molar-refractivity contribution in [3.05, 3.63) is 52.3 Å². The summed E-state index contributed by atoms with van der Waals surface area (Å²) in [5.41, 5.74) is 3.01. The van der Waals surface area contributed by atoms with Crippen LogP contribution in [0.3, 0.4) is 0 Å². The first-order valence-corrected chi connectivity index (χ1v) is 6.94. The molecule has 1 aromatic carbocycles. The number of Topliss-reactive ketones (excluding diaryl/α,β-unsaturated/α-hetero) is 1. The van der Waals surface area contributed by atoms with E-state index in [4.69, 9.17) is 9.47 Å². The maximum absolute atomic E-state index is 12.2. The van der Waals surface area contributed by atoms with Gasteiger partial charge >= 0.3 is 5.97 Å². The summed E-state index contributed by atoms with van der Waals surface area (Å²) in [6, 6.07) is 7.31. The second-order valence-electron chi connectivity index (χ2n) is 5.11. The minimum atomic E-state index is -0.476. The summed E-state index contributed by atoms with van der Waals surface area (Å²) < 4.78 is 10.4. The summed E-state index contributed by atoms with van der Waals surface area (Å²) in [7, 11) is 1.58. The predicted octanol–water partition coefficient (Wildman–Crippen LogP) is 3.20. The van der Waals surface area contributed by atoms with E-state index in [0.717, 1.165) is 5.56 Å². The number of carbonyl (C=O) groups is 2. The topological polar surface area (TPSA) is 68.4 Å². The number of hydrogen-bond donors (Lipinski definition) is 1. The summed E-state index contributed by atoms with van der Waals surface area (Å²) >= 11 is 0. The van der Waals surface area contributed by atoms with Crippen LogP contribution in [0.25, 0.3) is 0 Å². The molecule has 0 amide bonds. The summed E-state index contributed by atoms with van der Waals surface area (Å²) in [5.74, 6) is 0.160. The second kappa shape index (κ2) is 6.47. The summed E-state index contributed by atoms with van der Waals surface area (Å²) in [6.07, 6.45) is 0. The fourth-order valence-corrected chi connectivity index (χ4v) is 2.47. The van der Waals surface area contributed by atoms with Crippen molar-refractivity contribution >= 4 is 11.8 Å². The van der Waals surface area contributed by atoms with E-state index in [1.54, 1.807) is 27.0 Å². The van der Waals surface area contributed by atoms with Crippen LogP contribution >= 0.6 is 0 Å². The Morgan fingerprint density at radius 2 is 1.95 bits per heavy atom. The number of H-pyrrole nitrogens is 1. The van der Waals surface area contributed by atoms with Crippen molar-refractivity contribution in [1.82, 2.24) is 4.98 Å². The van der Waals surface area contributed by atoms with Gasteiger partial charge in [-0.05, 0) is 44.0 Å². The Hall–Kier alpha value is -2.56. The Morgan fingerprint density at radius 1 is 1.23 bits per heavy atom. The van der Waals surface area contributed by atoms with Gasteiger partial charge < -0.3 is 14.5 Å². The lowest BCUT2D eigenvalue weighted by Gasteiger charge is -2.06. The van der Waals surface area contributed by atoms with Gasteiger partial charge in [-0.25, -0.2) is 4.79 Å². The van der Waals surface area contributed by atoms with Gasteiger partial charge in [0, 0.05) is 11.3 Å². The van der Waals surface area contributed by atoms with Crippen LogP contribution in [-0.4, -0.2) is 23.8 Å². The number of ketones is 1. The normalized spacial score (nSPS) is 10.4. The fraction of sp³-hybridized carbons (Fsp3) is 0.294. The second-order valence-corrected chi connectivity index (χ2v) is 5.11. The molecular weight excluding hydrogens is 282 g/mol. The summed E-state index contributed by atoms with van der Waals surface area (Å²) in [4.78, 5) is 26.7. The molecule has 22 heavy (non-hydrogen) atoms. The molecule has 0 atom stereocenters. The monoisotopic (exact) mass is 301 g/mol. The Morgan fingerprint density at radius 3 is 2.55 bits per heavy atom. The molecule has 2 rings (SSSR count). The van der Waals surface area contributed by atoms with E-state index in [2.05, 4.69) is 4.98 Å². The van der Waals surface area contributed by atoms with Crippen LogP contribution in [0.1, 0.15) is 44.6 Å². The molecule has 1 aromatic heterocycles. The highest BCUT2D eigenvalue weighted by molar-refractivity contribution is 6.01. The molecule has 0 radical (unpaired) electrons. The van der Waals surface area contributed by atoms with E-state index in [-0.39, 0.29) is 12.4 Å². The highest BCUT2D eigenvalue weighted by Gasteiger charge is 2.20. The molecule has 5 heteroatoms. The van der Waals surface area contributed by atoms with Crippen molar-refractivity contribution in [1.29, 1.82) is 0 Å². The lowest BCUT2D eigenvalue weighted by Crippen LogP contribution is -2.07. The maximum Gasteiger partial charge on any atom is 0.355 e. The van der Waals surface area contributed by atoms with Gasteiger partial charge in [-0.2, -0.15) is 0 Å². The highest BCUT2D eigenvalue weighted by Crippen LogP contribution is 2.20.